The summed E-state index contributed by atoms with van der Waals surface area (Å²) in [6, 6.07) is 2.95. The van der Waals surface area contributed by atoms with Gasteiger partial charge in [0, 0.05) is 16.9 Å². The molecule has 0 amide bonds. The monoisotopic (exact) mass is 292 g/mol. The fourth-order valence-corrected chi connectivity index (χ4v) is 3.85. The van der Waals surface area contributed by atoms with E-state index in [0.717, 1.165) is 4.90 Å². The molecule has 0 aliphatic rings. The van der Waals surface area contributed by atoms with Gasteiger partial charge in [0.15, 0.2) is 0 Å². The highest BCUT2D eigenvalue weighted by atomic mass is 32.2. The van der Waals surface area contributed by atoms with E-state index in [2.05, 4.69) is 0 Å². The molecule has 1 N–H and O–H groups in total. The molecule has 0 aliphatic carbocycles. The molecule has 1 aromatic carbocycles. The lowest BCUT2D eigenvalue weighted by Crippen LogP contribution is -2.06. The molecule has 1 unspecified atom stereocenters. The standard InChI is InChI=1S/C12H17FO3S2/c1-8-6-12(17-4-5-18(3,15)16)10(9(2)14)7-11(8)13/h6-7,9,14H,4-5H2,1-3H3. The lowest BCUT2D eigenvalue weighted by molar-refractivity contribution is 0.196. The number of hydrogen-bond donors (Lipinski definition) is 1. The molecule has 0 spiro atoms. The van der Waals surface area contributed by atoms with Gasteiger partial charge in [-0.25, -0.2) is 12.8 Å². The van der Waals surface area contributed by atoms with E-state index in [9.17, 15) is 17.9 Å². The minimum atomic E-state index is -3.00. The number of aliphatic hydroxyl groups excluding tert-OH is 1. The lowest BCUT2D eigenvalue weighted by atomic mass is 10.1. The Morgan fingerprint density at radius 2 is 2.06 bits per heavy atom. The molecule has 0 heterocycles. The van der Waals surface area contributed by atoms with Gasteiger partial charge in [0.05, 0.1) is 11.9 Å². The van der Waals surface area contributed by atoms with E-state index in [1.807, 2.05) is 0 Å². The molecule has 0 saturated carbocycles. The molecule has 0 saturated heterocycles. The van der Waals surface area contributed by atoms with E-state index in [0.29, 0.717) is 16.9 Å². The summed E-state index contributed by atoms with van der Waals surface area (Å²) in [4.78, 5) is 0.729. The van der Waals surface area contributed by atoms with Crippen LogP contribution in [0.4, 0.5) is 4.39 Å². The van der Waals surface area contributed by atoms with Crippen LogP contribution in [0.15, 0.2) is 17.0 Å². The molecule has 0 aromatic heterocycles. The second-order valence-electron chi connectivity index (χ2n) is 4.29. The summed E-state index contributed by atoms with van der Waals surface area (Å²) < 4.78 is 35.5. The molecular weight excluding hydrogens is 275 g/mol. The number of benzene rings is 1. The average Bonchev–Trinajstić information content (AvgIpc) is 2.20. The lowest BCUT2D eigenvalue weighted by Gasteiger charge is -2.13. The molecule has 0 radical (unpaired) electrons. The second kappa shape index (κ2) is 6.04. The minimum absolute atomic E-state index is 0.0628. The summed E-state index contributed by atoms with van der Waals surface area (Å²) >= 11 is 1.32. The smallest absolute Gasteiger partial charge is 0.148 e. The molecule has 6 heteroatoms. The summed E-state index contributed by atoms with van der Waals surface area (Å²) in [5.74, 6) is 0.0927. The van der Waals surface area contributed by atoms with Gasteiger partial charge in [0.25, 0.3) is 0 Å². The van der Waals surface area contributed by atoms with E-state index < -0.39 is 15.9 Å². The van der Waals surface area contributed by atoms with Crippen molar-refractivity contribution in [1.82, 2.24) is 0 Å². The quantitative estimate of drug-likeness (QED) is 0.846. The van der Waals surface area contributed by atoms with Crippen LogP contribution in [-0.4, -0.2) is 31.3 Å². The first kappa shape index (κ1) is 15.5. The van der Waals surface area contributed by atoms with Gasteiger partial charge in [-0.2, -0.15) is 0 Å². The van der Waals surface area contributed by atoms with Crippen LogP contribution in [-0.2, 0) is 9.84 Å². The van der Waals surface area contributed by atoms with Gasteiger partial charge in [0.1, 0.15) is 15.7 Å². The zero-order chi connectivity index (χ0) is 13.9. The summed E-state index contributed by atoms with van der Waals surface area (Å²) in [5, 5.41) is 9.58. The Hall–Kier alpha value is -0.590. The van der Waals surface area contributed by atoms with Gasteiger partial charge in [-0.1, -0.05) is 0 Å². The maximum atomic E-state index is 13.4. The topological polar surface area (TPSA) is 54.4 Å². The van der Waals surface area contributed by atoms with Crippen molar-refractivity contribution < 1.29 is 17.9 Å². The Labute approximate surface area is 111 Å². The highest BCUT2D eigenvalue weighted by Crippen LogP contribution is 2.30. The molecule has 0 fully saturated rings. The zero-order valence-corrected chi connectivity index (χ0v) is 12.2. The predicted octanol–water partition coefficient (Wildman–Crippen LogP) is 2.32. The van der Waals surface area contributed by atoms with Crippen molar-refractivity contribution in [3.8, 4) is 0 Å². The van der Waals surface area contributed by atoms with Crippen molar-refractivity contribution in [3.05, 3.63) is 29.1 Å². The Bertz CT molecular complexity index is 524. The van der Waals surface area contributed by atoms with Crippen LogP contribution in [0.3, 0.4) is 0 Å². The Kier molecular flexibility index (Phi) is 5.19. The van der Waals surface area contributed by atoms with Crippen molar-refractivity contribution >= 4 is 21.6 Å². The Balaban J connectivity index is 2.90. The zero-order valence-electron chi connectivity index (χ0n) is 10.6. The van der Waals surface area contributed by atoms with Gasteiger partial charge >= 0.3 is 0 Å². The third-order valence-corrected chi connectivity index (χ3v) is 4.73. The van der Waals surface area contributed by atoms with E-state index in [-0.39, 0.29) is 11.6 Å². The number of sulfone groups is 1. The van der Waals surface area contributed by atoms with Crippen molar-refractivity contribution in [2.75, 3.05) is 17.8 Å². The largest absolute Gasteiger partial charge is 0.389 e. The molecule has 0 bridgehead atoms. The van der Waals surface area contributed by atoms with Crippen molar-refractivity contribution in [1.29, 1.82) is 0 Å². The minimum Gasteiger partial charge on any atom is -0.389 e. The Morgan fingerprint density at radius 1 is 1.44 bits per heavy atom. The summed E-state index contributed by atoms with van der Waals surface area (Å²) in [5.41, 5.74) is 0.984. The molecule has 0 aliphatic heterocycles. The van der Waals surface area contributed by atoms with E-state index in [1.54, 1.807) is 19.9 Å². The number of rotatable bonds is 5. The molecular formula is C12H17FO3S2. The molecule has 1 aromatic rings. The predicted molar refractivity (Wildman–Crippen MR) is 72.2 cm³/mol. The summed E-state index contributed by atoms with van der Waals surface area (Å²) in [6.07, 6.45) is 0.403. The van der Waals surface area contributed by atoms with Gasteiger partial charge in [0.2, 0.25) is 0 Å². The number of halogens is 1. The normalized spacial score (nSPS) is 13.6. The number of thioether (sulfide) groups is 1. The molecule has 18 heavy (non-hydrogen) atoms. The summed E-state index contributed by atoms with van der Waals surface area (Å²) in [6.45, 7) is 3.20. The third-order valence-electron chi connectivity index (χ3n) is 2.45. The molecule has 3 nitrogen and oxygen atoms in total. The highest BCUT2D eigenvalue weighted by Gasteiger charge is 2.13. The first-order valence-electron chi connectivity index (χ1n) is 5.49. The van der Waals surface area contributed by atoms with Crippen LogP contribution in [0.5, 0.6) is 0 Å². The number of hydrogen-bond acceptors (Lipinski definition) is 4. The van der Waals surface area contributed by atoms with E-state index in [4.69, 9.17) is 0 Å². The molecule has 102 valence electrons. The van der Waals surface area contributed by atoms with Crippen molar-refractivity contribution in [2.24, 2.45) is 0 Å². The Morgan fingerprint density at radius 3 is 2.56 bits per heavy atom. The number of aliphatic hydroxyl groups is 1. The van der Waals surface area contributed by atoms with Gasteiger partial charge < -0.3 is 5.11 Å². The van der Waals surface area contributed by atoms with E-state index >= 15 is 0 Å². The highest BCUT2D eigenvalue weighted by molar-refractivity contribution is 8.00. The summed E-state index contributed by atoms with van der Waals surface area (Å²) in [7, 11) is -3.00. The number of aryl methyl sites for hydroxylation is 1. The fourth-order valence-electron chi connectivity index (χ4n) is 1.42. The van der Waals surface area contributed by atoms with Gasteiger partial charge in [-0.3, -0.25) is 0 Å². The third kappa shape index (κ3) is 4.59. The van der Waals surface area contributed by atoms with Crippen LogP contribution < -0.4 is 0 Å². The second-order valence-corrected chi connectivity index (χ2v) is 7.69. The van der Waals surface area contributed by atoms with Crippen LogP contribution in [0.25, 0.3) is 0 Å². The molecule has 1 rings (SSSR count). The molecule has 1 atom stereocenters. The maximum absolute atomic E-state index is 13.4. The SMILES string of the molecule is Cc1cc(SCCS(C)(=O)=O)c(C(C)O)cc1F. The van der Waals surface area contributed by atoms with Gasteiger partial charge in [-0.15, -0.1) is 11.8 Å². The average molecular weight is 292 g/mol. The van der Waals surface area contributed by atoms with Gasteiger partial charge in [-0.05, 0) is 37.1 Å². The van der Waals surface area contributed by atoms with E-state index in [1.165, 1.54) is 24.1 Å². The maximum Gasteiger partial charge on any atom is 0.148 e. The van der Waals surface area contributed by atoms with Crippen molar-refractivity contribution in [3.63, 3.8) is 0 Å². The van der Waals surface area contributed by atoms with Crippen LogP contribution in [0.1, 0.15) is 24.2 Å². The van der Waals surface area contributed by atoms with Crippen LogP contribution in [0, 0.1) is 12.7 Å². The fraction of sp³-hybridized carbons (Fsp3) is 0.500. The van der Waals surface area contributed by atoms with Crippen LogP contribution >= 0.6 is 11.8 Å². The first-order valence-corrected chi connectivity index (χ1v) is 8.54. The first-order chi connectivity index (χ1) is 8.20. The van der Waals surface area contributed by atoms with Crippen molar-refractivity contribution in [2.45, 2.75) is 24.8 Å². The van der Waals surface area contributed by atoms with Crippen LogP contribution in [0.2, 0.25) is 0 Å².